The molecule has 0 atom stereocenters. The fourth-order valence-electron chi connectivity index (χ4n) is 4.31. The summed E-state index contributed by atoms with van der Waals surface area (Å²) in [5.74, 6) is -2.26. The van der Waals surface area contributed by atoms with Crippen molar-refractivity contribution < 1.29 is 33.0 Å². The van der Waals surface area contributed by atoms with E-state index in [1.54, 1.807) is 38.1 Å². The predicted molar refractivity (Wildman–Crippen MR) is 155 cm³/mol. The zero-order valence-corrected chi connectivity index (χ0v) is 24.3. The van der Waals surface area contributed by atoms with Crippen LogP contribution < -0.4 is 20.2 Å². The average molecular weight is 602 g/mol. The van der Waals surface area contributed by atoms with Crippen LogP contribution >= 0.6 is 22.9 Å². The quantitative estimate of drug-likeness (QED) is 0.141. The third kappa shape index (κ3) is 7.04. The van der Waals surface area contributed by atoms with Gasteiger partial charge in [-0.25, -0.2) is 14.6 Å². The first kappa shape index (κ1) is 30.0. The minimum absolute atomic E-state index is 0.107. The molecule has 12 heteroatoms. The van der Waals surface area contributed by atoms with Gasteiger partial charge in [-0.2, -0.15) is 5.10 Å². The summed E-state index contributed by atoms with van der Waals surface area (Å²) < 4.78 is 30.4. The second-order valence-electron chi connectivity index (χ2n) is 9.08. The van der Waals surface area contributed by atoms with E-state index in [9.17, 15) is 18.8 Å². The van der Waals surface area contributed by atoms with Gasteiger partial charge in [-0.05, 0) is 75.4 Å². The van der Waals surface area contributed by atoms with E-state index < -0.39 is 23.6 Å². The second kappa shape index (κ2) is 13.6. The molecule has 2 aromatic carbocycles. The van der Waals surface area contributed by atoms with Crippen molar-refractivity contribution in [1.82, 2.24) is 5.43 Å². The molecule has 0 unspecified atom stereocenters. The van der Waals surface area contributed by atoms with Crippen molar-refractivity contribution in [1.29, 1.82) is 0 Å². The Labute approximate surface area is 245 Å². The second-order valence-corrected chi connectivity index (χ2v) is 10.6. The number of hydrazone groups is 1. The number of ether oxygens (including phenoxy) is 3. The lowest BCUT2D eigenvalue weighted by Gasteiger charge is -2.13. The molecule has 1 aliphatic carbocycles. The average Bonchev–Trinajstić information content (AvgIpc) is 3.33. The highest BCUT2D eigenvalue weighted by molar-refractivity contribution is 7.17. The van der Waals surface area contributed by atoms with E-state index >= 15 is 0 Å². The molecule has 1 heterocycles. The van der Waals surface area contributed by atoms with E-state index in [0.717, 1.165) is 36.1 Å². The lowest BCUT2D eigenvalue weighted by Crippen LogP contribution is -2.33. The van der Waals surface area contributed by atoms with Crippen molar-refractivity contribution in [2.45, 2.75) is 46.1 Å². The number of hydrogen-bond acceptors (Lipinski definition) is 8. The highest BCUT2D eigenvalue weighted by atomic mass is 35.5. The van der Waals surface area contributed by atoms with Crippen LogP contribution in [0.3, 0.4) is 0 Å². The maximum Gasteiger partial charge on any atom is 0.341 e. The Hall–Kier alpha value is -3.96. The number of hydrogen-bond donors (Lipinski definition) is 2. The number of amides is 2. The highest BCUT2D eigenvalue weighted by Crippen LogP contribution is 2.38. The minimum Gasteiger partial charge on any atom is -0.493 e. The summed E-state index contributed by atoms with van der Waals surface area (Å²) in [6.07, 6.45) is 3.46. The number of thiophene rings is 1. The topological polar surface area (TPSA) is 115 Å². The fourth-order valence-corrected chi connectivity index (χ4v) is 5.81. The number of nitrogens with zero attached hydrogens (tertiary/aromatic N) is 1. The van der Waals surface area contributed by atoms with Gasteiger partial charge >= 0.3 is 17.8 Å². The molecule has 1 aromatic heterocycles. The van der Waals surface area contributed by atoms with Gasteiger partial charge in [0.15, 0.2) is 11.5 Å². The molecule has 0 bridgehead atoms. The van der Waals surface area contributed by atoms with E-state index in [2.05, 4.69) is 15.8 Å². The minimum atomic E-state index is -1.00. The van der Waals surface area contributed by atoms with Crippen molar-refractivity contribution in [2.24, 2.45) is 5.10 Å². The summed E-state index contributed by atoms with van der Waals surface area (Å²) in [5, 5.41) is 7.14. The fraction of sp³-hybridized carbons (Fsp3) is 0.310. The molecule has 41 heavy (non-hydrogen) atoms. The highest BCUT2D eigenvalue weighted by Gasteiger charge is 2.28. The Balaban J connectivity index is 1.42. The van der Waals surface area contributed by atoms with Gasteiger partial charge in [-0.1, -0.05) is 17.7 Å². The molecule has 216 valence electrons. The van der Waals surface area contributed by atoms with Crippen molar-refractivity contribution in [3.05, 3.63) is 74.4 Å². The molecular weight excluding hydrogens is 573 g/mol. The number of aryl methyl sites for hydroxylation is 1. The maximum absolute atomic E-state index is 14.1. The van der Waals surface area contributed by atoms with Gasteiger partial charge in [0.25, 0.3) is 0 Å². The Morgan fingerprint density at radius 1 is 1.10 bits per heavy atom. The SMILES string of the molecule is CCOC(=O)c1c(NC(=O)C(=O)NN=C(C)c2ccc(OCc3c(F)cccc3Cl)c(OC)c2)sc2c1CCCC2. The molecule has 2 N–H and O–H groups in total. The number of fused-ring (bicyclic) bond motifs is 1. The van der Waals surface area contributed by atoms with E-state index in [4.69, 9.17) is 25.8 Å². The number of carbonyl (C=O) groups is 3. The van der Waals surface area contributed by atoms with Gasteiger partial charge in [-0.3, -0.25) is 9.59 Å². The molecule has 2 amide bonds. The summed E-state index contributed by atoms with van der Waals surface area (Å²) >= 11 is 7.36. The van der Waals surface area contributed by atoms with Crippen LogP contribution in [-0.4, -0.2) is 37.2 Å². The van der Waals surface area contributed by atoms with Crippen LogP contribution in [0.2, 0.25) is 5.02 Å². The molecular formula is C29H29ClFN3O6S. The Bertz CT molecular complexity index is 1490. The van der Waals surface area contributed by atoms with E-state index in [1.165, 1.54) is 30.6 Å². The summed E-state index contributed by atoms with van der Waals surface area (Å²) in [6, 6.07) is 9.30. The molecule has 0 saturated carbocycles. The predicted octanol–water partition coefficient (Wildman–Crippen LogP) is 5.66. The Morgan fingerprint density at radius 3 is 2.61 bits per heavy atom. The first-order chi connectivity index (χ1) is 19.7. The zero-order valence-electron chi connectivity index (χ0n) is 22.8. The van der Waals surface area contributed by atoms with Crippen LogP contribution in [0.5, 0.6) is 11.5 Å². The summed E-state index contributed by atoms with van der Waals surface area (Å²) in [5.41, 5.74) is 4.62. The van der Waals surface area contributed by atoms with Crippen LogP contribution in [0.25, 0.3) is 0 Å². The maximum atomic E-state index is 14.1. The number of anilines is 1. The van der Waals surface area contributed by atoms with E-state index in [0.29, 0.717) is 33.3 Å². The van der Waals surface area contributed by atoms with E-state index in [-0.39, 0.29) is 23.8 Å². The molecule has 0 spiro atoms. The number of nitrogens with one attached hydrogen (secondary N) is 2. The molecule has 0 radical (unpaired) electrons. The normalized spacial score (nSPS) is 12.8. The molecule has 0 saturated heterocycles. The largest absolute Gasteiger partial charge is 0.493 e. The van der Waals surface area contributed by atoms with Gasteiger partial charge in [0, 0.05) is 16.0 Å². The van der Waals surface area contributed by atoms with Crippen molar-refractivity contribution in [2.75, 3.05) is 19.0 Å². The molecule has 4 rings (SSSR count). The van der Waals surface area contributed by atoms with Gasteiger partial charge < -0.3 is 19.5 Å². The zero-order chi connectivity index (χ0) is 29.5. The molecule has 3 aromatic rings. The van der Waals surface area contributed by atoms with E-state index in [1.807, 2.05) is 0 Å². The third-order valence-corrected chi connectivity index (χ3v) is 7.99. The van der Waals surface area contributed by atoms with Crippen molar-refractivity contribution in [3.63, 3.8) is 0 Å². The standard InChI is InChI=1S/C29H29ClFN3O6S/c1-4-39-29(37)25-18-8-5-6-11-24(18)41-28(25)32-26(35)27(36)34-33-16(2)17-12-13-22(23(14-17)38-3)40-15-19-20(30)9-7-10-21(19)31/h7,9-10,12-14H,4-6,8,11,15H2,1-3H3,(H,32,35)(H,34,36). The van der Waals surface area contributed by atoms with Gasteiger partial charge in [-0.15, -0.1) is 11.3 Å². The number of rotatable bonds is 9. The van der Waals surface area contributed by atoms with Crippen LogP contribution in [0.4, 0.5) is 9.39 Å². The van der Waals surface area contributed by atoms with Crippen molar-refractivity contribution >= 4 is 51.4 Å². The van der Waals surface area contributed by atoms with Gasteiger partial charge in [0.2, 0.25) is 0 Å². The molecule has 9 nitrogen and oxygen atoms in total. The summed E-state index contributed by atoms with van der Waals surface area (Å²) in [7, 11) is 1.45. The number of esters is 1. The number of methoxy groups -OCH3 is 1. The van der Waals surface area contributed by atoms with Gasteiger partial charge in [0.1, 0.15) is 17.4 Å². The Morgan fingerprint density at radius 2 is 1.88 bits per heavy atom. The molecule has 1 aliphatic rings. The lowest BCUT2D eigenvalue weighted by atomic mass is 9.95. The molecule has 0 fully saturated rings. The van der Waals surface area contributed by atoms with Gasteiger partial charge in [0.05, 0.1) is 30.0 Å². The lowest BCUT2D eigenvalue weighted by molar-refractivity contribution is -0.136. The first-order valence-corrected chi connectivity index (χ1v) is 14.1. The van der Waals surface area contributed by atoms with Crippen LogP contribution in [0, 0.1) is 5.82 Å². The first-order valence-electron chi connectivity index (χ1n) is 12.9. The van der Waals surface area contributed by atoms with Crippen LogP contribution in [0.1, 0.15) is 58.6 Å². The third-order valence-electron chi connectivity index (χ3n) is 6.42. The summed E-state index contributed by atoms with van der Waals surface area (Å²) in [4.78, 5) is 38.9. The smallest absolute Gasteiger partial charge is 0.341 e. The molecule has 0 aliphatic heterocycles. The van der Waals surface area contributed by atoms with Crippen LogP contribution in [-0.2, 0) is 33.8 Å². The number of carbonyl (C=O) groups excluding carboxylic acids is 3. The number of halogens is 2. The monoisotopic (exact) mass is 601 g/mol. The van der Waals surface area contributed by atoms with Crippen LogP contribution in [0.15, 0.2) is 41.5 Å². The number of benzene rings is 2. The Kier molecular flexibility index (Phi) is 9.95. The van der Waals surface area contributed by atoms with Crippen molar-refractivity contribution in [3.8, 4) is 11.5 Å². The summed E-state index contributed by atoms with van der Waals surface area (Å²) in [6.45, 7) is 3.44.